The SMILES string of the molecule is COc1ccc([C@H](C#N)[NH+]2CCCCCC2)cc1OC. The zero-order chi connectivity index (χ0) is 14.4. The molecule has 1 fully saturated rings. The molecule has 1 saturated heterocycles. The number of hydrogen-bond acceptors (Lipinski definition) is 3. The number of nitrogens with one attached hydrogen (secondary N) is 1. The van der Waals surface area contributed by atoms with Crippen LogP contribution < -0.4 is 14.4 Å². The number of nitrogens with zero attached hydrogens (tertiary/aromatic N) is 1. The molecule has 4 nitrogen and oxygen atoms in total. The second-order valence-electron chi connectivity index (χ2n) is 5.25. The van der Waals surface area contributed by atoms with Gasteiger partial charge in [-0.05, 0) is 43.9 Å². The van der Waals surface area contributed by atoms with E-state index in [4.69, 9.17) is 9.47 Å². The van der Waals surface area contributed by atoms with Crippen molar-refractivity contribution in [2.24, 2.45) is 0 Å². The van der Waals surface area contributed by atoms with Gasteiger partial charge in [0.05, 0.1) is 27.3 Å². The highest BCUT2D eigenvalue weighted by molar-refractivity contribution is 5.44. The Hall–Kier alpha value is -1.73. The van der Waals surface area contributed by atoms with Gasteiger partial charge in [-0.15, -0.1) is 0 Å². The summed E-state index contributed by atoms with van der Waals surface area (Å²) >= 11 is 0. The Morgan fingerprint density at radius 2 is 1.70 bits per heavy atom. The molecule has 20 heavy (non-hydrogen) atoms. The third kappa shape index (κ3) is 3.23. The quantitative estimate of drug-likeness (QED) is 0.910. The van der Waals surface area contributed by atoms with Crippen LogP contribution in [-0.4, -0.2) is 27.3 Å². The van der Waals surface area contributed by atoms with Gasteiger partial charge in [0.1, 0.15) is 6.07 Å². The van der Waals surface area contributed by atoms with E-state index in [0.29, 0.717) is 11.5 Å². The van der Waals surface area contributed by atoms with Gasteiger partial charge < -0.3 is 14.4 Å². The van der Waals surface area contributed by atoms with Crippen molar-refractivity contribution < 1.29 is 14.4 Å². The zero-order valence-electron chi connectivity index (χ0n) is 12.3. The maximum atomic E-state index is 9.57. The van der Waals surface area contributed by atoms with Gasteiger partial charge in [-0.25, -0.2) is 0 Å². The topological polar surface area (TPSA) is 46.7 Å². The van der Waals surface area contributed by atoms with Crippen molar-refractivity contribution in [3.8, 4) is 17.6 Å². The number of rotatable bonds is 4. The highest BCUT2D eigenvalue weighted by atomic mass is 16.5. The molecule has 1 N–H and O–H groups in total. The lowest BCUT2D eigenvalue weighted by Crippen LogP contribution is -3.12. The highest BCUT2D eigenvalue weighted by Crippen LogP contribution is 2.29. The maximum absolute atomic E-state index is 9.57. The van der Waals surface area contributed by atoms with Crippen LogP contribution in [0.3, 0.4) is 0 Å². The summed E-state index contributed by atoms with van der Waals surface area (Å²) in [5.41, 5.74) is 1.02. The Morgan fingerprint density at radius 1 is 1.05 bits per heavy atom. The van der Waals surface area contributed by atoms with Crippen LogP contribution in [0.1, 0.15) is 37.3 Å². The van der Waals surface area contributed by atoms with Crippen LogP contribution in [0.2, 0.25) is 0 Å². The van der Waals surface area contributed by atoms with Crippen molar-refractivity contribution in [2.75, 3.05) is 27.3 Å². The Kier molecular flexibility index (Phi) is 5.25. The third-order valence-electron chi connectivity index (χ3n) is 4.02. The normalized spacial score (nSPS) is 17.9. The van der Waals surface area contributed by atoms with Gasteiger partial charge in [-0.2, -0.15) is 5.26 Å². The first-order chi connectivity index (χ1) is 9.80. The minimum atomic E-state index is -0.118. The van der Waals surface area contributed by atoms with Gasteiger partial charge in [0.25, 0.3) is 0 Å². The molecule has 0 unspecified atom stereocenters. The summed E-state index contributed by atoms with van der Waals surface area (Å²) in [5.74, 6) is 1.40. The molecule has 0 aliphatic carbocycles. The van der Waals surface area contributed by atoms with Gasteiger partial charge >= 0.3 is 0 Å². The predicted molar refractivity (Wildman–Crippen MR) is 77.1 cm³/mol. The average Bonchev–Trinajstić information content (AvgIpc) is 2.77. The first-order valence-electron chi connectivity index (χ1n) is 7.26. The summed E-state index contributed by atoms with van der Waals surface area (Å²) in [5, 5.41) is 9.57. The molecule has 108 valence electrons. The van der Waals surface area contributed by atoms with E-state index < -0.39 is 0 Å². The molecule has 1 aromatic carbocycles. The molecule has 2 rings (SSSR count). The molecule has 0 aromatic heterocycles. The molecule has 0 saturated carbocycles. The van der Waals surface area contributed by atoms with Crippen molar-refractivity contribution in [1.82, 2.24) is 0 Å². The lowest BCUT2D eigenvalue weighted by atomic mass is 10.1. The van der Waals surface area contributed by atoms with E-state index in [-0.39, 0.29) is 6.04 Å². The summed E-state index contributed by atoms with van der Waals surface area (Å²) in [6, 6.07) is 8.15. The fourth-order valence-corrected chi connectivity index (χ4v) is 2.91. The average molecular weight is 275 g/mol. The Balaban J connectivity index is 2.24. The van der Waals surface area contributed by atoms with Crippen LogP contribution in [0, 0.1) is 11.3 Å². The molecule has 1 aliphatic heterocycles. The predicted octanol–water partition coefficient (Wildman–Crippen LogP) is 1.73. The van der Waals surface area contributed by atoms with Crippen LogP contribution in [0.4, 0.5) is 0 Å². The summed E-state index contributed by atoms with van der Waals surface area (Å²) in [6.45, 7) is 2.15. The van der Waals surface area contributed by atoms with E-state index in [0.717, 1.165) is 18.7 Å². The number of ether oxygens (including phenoxy) is 2. The number of methoxy groups -OCH3 is 2. The van der Waals surface area contributed by atoms with Gasteiger partial charge in [-0.1, -0.05) is 0 Å². The van der Waals surface area contributed by atoms with Crippen LogP contribution in [0.25, 0.3) is 0 Å². The molecule has 0 radical (unpaired) electrons. The van der Waals surface area contributed by atoms with E-state index in [1.54, 1.807) is 14.2 Å². The van der Waals surface area contributed by atoms with Gasteiger partial charge in [0, 0.05) is 5.56 Å². The van der Waals surface area contributed by atoms with E-state index in [1.807, 2.05) is 18.2 Å². The smallest absolute Gasteiger partial charge is 0.200 e. The summed E-state index contributed by atoms with van der Waals surface area (Å²) in [6.07, 6.45) is 4.99. The summed E-state index contributed by atoms with van der Waals surface area (Å²) < 4.78 is 10.6. The van der Waals surface area contributed by atoms with E-state index in [2.05, 4.69) is 6.07 Å². The van der Waals surface area contributed by atoms with Crippen LogP contribution in [-0.2, 0) is 0 Å². The second-order valence-corrected chi connectivity index (χ2v) is 5.25. The number of benzene rings is 1. The van der Waals surface area contributed by atoms with Crippen LogP contribution in [0.15, 0.2) is 18.2 Å². The molecule has 4 heteroatoms. The van der Waals surface area contributed by atoms with Gasteiger partial charge in [0.15, 0.2) is 11.5 Å². The first-order valence-corrected chi connectivity index (χ1v) is 7.26. The standard InChI is InChI=1S/C16H22N2O2/c1-19-15-8-7-13(11-16(15)20-2)14(12-17)18-9-5-3-4-6-10-18/h7-8,11,14H,3-6,9-10H2,1-2H3/p+1/t14-/m0/s1. The lowest BCUT2D eigenvalue weighted by molar-refractivity contribution is -0.922. The van der Waals surface area contributed by atoms with E-state index in [1.165, 1.54) is 30.6 Å². The monoisotopic (exact) mass is 275 g/mol. The van der Waals surface area contributed by atoms with Crippen molar-refractivity contribution >= 4 is 0 Å². The molecule has 1 aliphatic rings. The third-order valence-corrected chi connectivity index (χ3v) is 4.02. The Morgan fingerprint density at radius 3 is 2.25 bits per heavy atom. The molecule has 0 amide bonds. The first kappa shape index (κ1) is 14.7. The van der Waals surface area contributed by atoms with Crippen molar-refractivity contribution in [3.63, 3.8) is 0 Å². The second kappa shape index (κ2) is 7.16. The molecule has 1 aromatic rings. The fourth-order valence-electron chi connectivity index (χ4n) is 2.91. The summed E-state index contributed by atoms with van der Waals surface area (Å²) in [4.78, 5) is 1.37. The minimum Gasteiger partial charge on any atom is -0.493 e. The van der Waals surface area contributed by atoms with Gasteiger partial charge in [0.2, 0.25) is 6.04 Å². The number of likely N-dealkylation sites (tertiary alicyclic amines) is 1. The van der Waals surface area contributed by atoms with Crippen molar-refractivity contribution in [3.05, 3.63) is 23.8 Å². The number of hydrogen-bond donors (Lipinski definition) is 1. The number of nitriles is 1. The van der Waals surface area contributed by atoms with Crippen molar-refractivity contribution in [2.45, 2.75) is 31.7 Å². The number of quaternary nitrogens is 1. The molecule has 0 bridgehead atoms. The maximum Gasteiger partial charge on any atom is 0.200 e. The minimum absolute atomic E-state index is 0.118. The Bertz CT molecular complexity index is 474. The van der Waals surface area contributed by atoms with Crippen LogP contribution >= 0.6 is 0 Å². The molecular formula is C16H23N2O2+. The molecule has 0 spiro atoms. The largest absolute Gasteiger partial charge is 0.493 e. The van der Waals surface area contributed by atoms with Crippen molar-refractivity contribution in [1.29, 1.82) is 5.26 Å². The summed E-state index contributed by atoms with van der Waals surface area (Å²) in [7, 11) is 3.25. The lowest BCUT2D eigenvalue weighted by Gasteiger charge is -2.23. The zero-order valence-corrected chi connectivity index (χ0v) is 12.3. The highest BCUT2D eigenvalue weighted by Gasteiger charge is 2.25. The van der Waals surface area contributed by atoms with Gasteiger partial charge in [-0.3, -0.25) is 0 Å². The molecule has 1 atom stereocenters. The Labute approximate surface area is 120 Å². The van der Waals surface area contributed by atoms with E-state index >= 15 is 0 Å². The van der Waals surface area contributed by atoms with Crippen LogP contribution in [0.5, 0.6) is 11.5 Å². The fraction of sp³-hybridized carbons (Fsp3) is 0.562. The molecular weight excluding hydrogens is 252 g/mol. The molecule has 1 heterocycles. The van der Waals surface area contributed by atoms with E-state index in [9.17, 15) is 5.26 Å².